The fraction of sp³-hybridized carbons (Fsp3) is 0.385. The average molecular weight is 248 g/mol. The standard InChI is InChI=1S/C13H16N2O3/c1-2-3-4-5-8-14-12-9-11(10-16)6-7-13(12)15(17)18/h1,6-7,9,14,16H,3-5,8,10H2. The molecule has 0 aromatic heterocycles. The Kier molecular flexibility index (Phi) is 5.68. The third-order valence-corrected chi connectivity index (χ3v) is 2.50. The van der Waals surface area contributed by atoms with Crippen LogP contribution < -0.4 is 5.32 Å². The number of terminal acetylenes is 1. The number of nitrogens with zero attached hydrogens (tertiary/aromatic N) is 1. The number of aliphatic hydroxyl groups is 1. The maximum absolute atomic E-state index is 10.8. The van der Waals surface area contributed by atoms with Gasteiger partial charge in [0, 0.05) is 19.0 Å². The smallest absolute Gasteiger partial charge is 0.292 e. The molecule has 1 aromatic rings. The first-order valence-electron chi connectivity index (χ1n) is 5.74. The van der Waals surface area contributed by atoms with E-state index in [0.717, 1.165) is 12.8 Å². The fourth-order valence-electron chi connectivity index (χ4n) is 1.56. The van der Waals surface area contributed by atoms with Gasteiger partial charge in [-0.05, 0) is 30.5 Å². The van der Waals surface area contributed by atoms with Crippen LogP contribution >= 0.6 is 0 Å². The molecule has 1 rings (SSSR count). The fourth-order valence-corrected chi connectivity index (χ4v) is 1.56. The minimum absolute atomic E-state index is 0.0177. The number of nitro groups is 1. The number of nitrogens with one attached hydrogen (secondary N) is 1. The highest BCUT2D eigenvalue weighted by atomic mass is 16.6. The lowest BCUT2D eigenvalue weighted by atomic mass is 10.1. The summed E-state index contributed by atoms with van der Waals surface area (Å²) in [7, 11) is 0. The second-order valence-electron chi connectivity index (χ2n) is 3.85. The van der Waals surface area contributed by atoms with Gasteiger partial charge >= 0.3 is 0 Å². The molecule has 0 aliphatic rings. The zero-order valence-corrected chi connectivity index (χ0v) is 10.1. The number of aliphatic hydroxyl groups excluding tert-OH is 1. The topological polar surface area (TPSA) is 75.4 Å². The van der Waals surface area contributed by atoms with Crippen molar-refractivity contribution < 1.29 is 10.0 Å². The van der Waals surface area contributed by atoms with Crippen molar-refractivity contribution in [2.45, 2.75) is 25.9 Å². The third-order valence-electron chi connectivity index (χ3n) is 2.50. The highest BCUT2D eigenvalue weighted by Crippen LogP contribution is 2.25. The van der Waals surface area contributed by atoms with Crippen LogP contribution in [0.15, 0.2) is 18.2 Å². The predicted octanol–water partition coefficient (Wildman–Crippen LogP) is 2.30. The van der Waals surface area contributed by atoms with Crippen LogP contribution in [0.5, 0.6) is 0 Å². The minimum atomic E-state index is -0.440. The van der Waals surface area contributed by atoms with Crippen LogP contribution in [-0.2, 0) is 6.61 Å². The van der Waals surface area contributed by atoms with E-state index in [4.69, 9.17) is 11.5 Å². The van der Waals surface area contributed by atoms with Gasteiger partial charge in [0.2, 0.25) is 0 Å². The number of unbranched alkanes of at least 4 members (excludes halogenated alkanes) is 2. The van der Waals surface area contributed by atoms with Crippen LogP contribution in [0.25, 0.3) is 0 Å². The highest BCUT2D eigenvalue weighted by molar-refractivity contribution is 5.62. The van der Waals surface area contributed by atoms with Crippen LogP contribution in [-0.4, -0.2) is 16.6 Å². The molecule has 0 saturated heterocycles. The predicted molar refractivity (Wildman–Crippen MR) is 70.2 cm³/mol. The summed E-state index contributed by atoms with van der Waals surface area (Å²) >= 11 is 0. The Hall–Kier alpha value is -2.06. The van der Waals surface area contributed by atoms with E-state index in [-0.39, 0.29) is 12.3 Å². The van der Waals surface area contributed by atoms with Crippen molar-refractivity contribution in [2.24, 2.45) is 0 Å². The highest BCUT2D eigenvalue weighted by Gasteiger charge is 2.13. The molecule has 0 aliphatic heterocycles. The van der Waals surface area contributed by atoms with E-state index in [0.29, 0.717) is 24.2 Å². The van der Waals surface area contributed by atoms with E-state index in [1.54, 1.807) is 12.1 Å². The van der Waals surface area contributed by atoms with E-state index in [1.165, 1.54) is 6.07 Å². The van der Waals surface area contributed by atoms with Crippen LogP contribution in [0, 0.1) is 22.5 Å². The number of nitro benzene ring substituents is 1. The summed E-state index contributed by atoms with van der Waals surface area (Å²) in [5.74, 6) is 2.55. The summed E-state index contributed by atoms with van der Waals surface area (Å²) in [5, 5.41) is 22.9. The minimum Gasteiger partial charge on any atom is -0.392 e. The number of anilines is 1. The van der Waals surface area contributed by atoms with Crippen LogP contribution in [0.4, 0.5) is 11.4 Å². The molecule has 5 heteroatoms. The molecule has 0 spiro atoms. The van der Waals surface area contributed by atoms with Crippen molar-refractivity contribution in [1.82, 2.24) is 0 Å². The molecule has 5 nitrogen and oxygen atoms in total. The molecule has 0 bridgehead atoms. The average Bonchev–Trinajstić information content (AvgIpc) is 2.38. The van der Waals surface area contributed by atoms with Crippen molar-refractivity contribution in [3.8, 4) is 12.3 Å². The Labute approximate surface area is 106 Å². The SMILES string of the molecule is C#CCCCCNc1cc(CO)ccc1[N+](=O)[O-]. The number of rotatable bonds is 7. The molecular formula is C13H16N2O3. The van der Waals surface area contributed by atoms with Crippen LogP contribution in [0.2, 0.25) is 0 Å². The van der Waals surface area contributed by atoms with Gasteiger partial charge < -0.3 is 10.4 Å². The van der Waals surface area contributed by atoms with Crippen molar-refractivity contribution >= 4 is 11.4 Å². The van der Waals surface area contributed by atoms with Gasteiger partial charge in [0.1, 0.15) is 5.69 Å². The van der Waals surface area contributed by atoms with Gasteiger partial charge in [0.15, 0.2) is 0 Å². The number of hydrogen-bond acceptors (Lipinski definition) is 4. The molecule has 2 N–H and O–H groups in total. The monoisotopic (exact) mass is 248 g/mol. The normalized spacial score (nSPS) is 9.78. The maximum atomic E-state index is 10.8. The van der Waals surface area contributed by atoms with Crippen molar-refractivity contribution in [2.75, 3.05) is 11.9 Å². The van der Waals surface area contributed by atoms with Gasteiger partial charge in [-0.3, -0.25) is 10.1 Å². The molecule has 0 fully saturated rings. The summed E-state index contributed by atoms with van der Waals surface area (Å²) in [4.78, 5) is 10.4. The zero-order valence-electron chi connectivity index (χ0n) is 10.1. The van der Waals surface area contributed by atoms with Gasteiger partial charge in [0.05, 0.1) is 11.5 Å². The Balaban J connectivity index is 2.66. The van der Waals surface area contributed by atoms with Crippen molar-refractivity contribution in [1.29, 1.82) is 0 Å². The second-order valence-corrected chi connectivity index (χ2v) is 3.85. The van der Waals surface area contributed by atoms with Gasteiger partial charge in [-0.15, -0.1) is 12.3 Å². The molecule has 18 heavy (non-hydrogen) atoms. The summed E-state index contributed by atoms with van der Waals surface area (Å²) < 4.78 is 0. The lowest BCUT2D eigenvalue weighted by Gasteiger charge is -2.08. The first-order valence-corrected chi connectivity index (χ1v) is 5.74. The van der Waals surface area contributed by atoms with Gasteiger partial charge in [-0.1, -0.05) is 0 Å². The first kappa shape index (κ1) is 14.0. The van der Waals surface area contributed by atoms with E-state index < -0.39 is 4.92 Å². The lowest BCUT2D eigenvalue weighted by Crippen LogP contribution is -2.05. The lowest BCUT2D eigenvalue weighted by molar-refractivity contribution is -0.384. The van der Waals surface area contributed by atoms with E-state index in [1.807, 2.05) is 0 Å². The molecule has 0 aliphatic carbocycles. The largest absolute Gasteiger partial charge is 0.392 e. The van der Waals surface area contributed by atoms with Gasteiger partial charge in [-0.2, -0.15) is 0 Å². The van der Waals surface area contributed by atoms with E-state index in [2.05, 4.69) is 11.2 Å². The van der Waals surface area contributed by atoms with E-state index in [9.17, 15) is 10.1 Å². The summed E-state index contributed by atoms with van der Waals surface area (Å²) in [5.41, 5.74) is 1.10. The quantitative estimate of drug-likeness (QED) is 0.336. The Morgan fingerprint density at radius 3 is 2.83 bits per heavy atom. The van der Waals surface area contributed by atoms with E-state index >= 15 is 0 Å². The molecule has 0 heterocycles. The van der Waals surface area contributed by atoms with Gasteiger partial charge in [0.25, 0.3) is 5.69 Å². The molecule has 0 unspecified atom stereocenters. The molecule has 96 valence electrons. The Morgan fingerprint density at radius 1 is 1.44 bits per heavy atom. The third kappa shape index (κ3) is 4.07. The molecule has 0 saturated carbocycles. The van der Waals surface area contributed by atoms with Crippen LogP contribution in [0.1, 0.15) is 24.8 Å². The molecule has 0 atom stereocenters. The Bertz CT molecular complexity index is 452. The number of hydrogen-bond donors (Lipinski definition) is 2. The summed E-state index contributed by atoms with van der Waals surface area (Å²) in [6.07, 6.45) is 7.58. The first-order chi connectivity index (χ1) is 8.69. The van der Waals surface area contributed by atoms with Crippen molar-refractivity contribution in [3.63, 3.8) is 0 Å². The molecule has 0 amide bonds. The molecular weight excluding hydrogens is 232 g/mol. The molecule has 1 aromatic carbocycles. The zero-order chi connectivity index (χ0) is 13.4. The second kappa shape index (κ2) is 7.30. The van der Waals surface area contributed by atoms with Crippen LogP contribution in [0.3, 0.4) is 0 Å². The Morgan fingerprint density at radius 2 is 2.22 bits per heavy atom. The maximum Gasteiger partial charge on any atom is 0.292 e. The van der Waals surface area contributed by atoms with Crippen molar-refractivity contribution in [3.05, 3.63) is 33.9 Å². The molecule has 0 radical (unpaired) electrons. The number of benzene rings is 1. The summed E-state index contributed by atoms with van der Waals surface area (Å²) in [6.45, 7) is 0.487. The van der Waals surface area contributed by atoms with Gasteiger partial charge in [-0.25, -0.2) is 0 Å². The summed E-state index contributed by atoms with van der Waals surface area (Å²) in [6, 6.07) is 4.54.